The normalized spacial score (nSPS) is 10.4. The van der Waals surface area contributed by atoms with E-state index in [2.05, 4.69) is 44.0 Å². The van der Waals surface area contributed by atoms with Crippen molar-refractivity contribution in [3.05, 3.63) is 45.3 Å². The van der Waals surface area contributed by atoms with Gasteiger partial charge in [-0.3, -0.25) is 0 Å². The lowest BCUT2D eigenvalue weighted by Crippen LogP contribution is -1.94. The second-order valence-corrected chi connectivity index (χ2v) is 5.87. The van der Waals surface area contributed by atoms with Crippen LogP contribution < -0.4 is 9.47 Å². The quantitative estimate of drug-likeness (QED) is 0.644. The van der Waals surface area contributed by atoms with Gasteiger partial charge in [-0.2, -0.15) is 0 Å². The molecule has 0 aliphatic rings. The molecule has 2 rings (SSSR count). The SMILES string of the molecule is CCOc1cc(-c2ccc(Br)c(OCC)c2)ccc1Br. The summed E-state index contributed by atoms with van der Waals surface area (Å²) in [7, 11) is 0. The lowest BCUT2D eigenvalue weighted by Gasteiger charge is -2.11. The largest absolute Gasteiger partial charge is 0.493 e. The van der Waals surface area contributed by atoms with E-state index in [1.807, 2.05) is 38.1 Å². The second kappa shape index (κ2) is 7.14. The number of halogens is 2. The minimum Gasteiger partial charge on any atom is -0.493 e. The summed E-state index contributed by atoms with van der Waals surface area (Å²) < 4.78 is 13.2. The minimum atomic E-state index is 0.645. The van der Waals surface area contributed by atoms with Crippen LogP contribution in [0.4, 0.5) is 0 Å². The predicted octanol–water partition coefficient (Wildman–Crippen LogP) is 5.68. The van der Waals surface area contributed by atoms with E-state index < -0.39 is 0 Å². The molecule has 4 heteroatoms. The molecule has 2 aromatic rings. The summed E-state index contributed by atoms with van der Waals surface area (Å²) in [5.74, 6) is 1.71. The third-order valence-corrected chi connectivity index (χ3v) is 4.11. The van der Waals surface area contributed by atoms with Gasteiger partial charge in [0.2, 0.25) is 0 Å². The molecule has 0 unspecified atom stereocenters. The van der Waals surface area contributed by atoms with E-state index in [9.17, 15) is 0 Å². The summed E-state index contributed by atoms with van der Waals surface area (Å²) in [5.41, 5.74) is 2.20. The van der Waals surface area contributed by atoms with Gasteiger partial charge in [-0.05, 0) is 81.1 Å². The third-order valence-electron chi connectivity index (χ3n) is 2.80. The van der Waals surface area contributed by atoms with Crippen LogP contribution in [0.2, 0.25) is 0 Å². The molecule has 2 aromatic carbocycles. The van der Waals surface area contributed by atoms with Crippen LogP contribution in [0.25, 0.3) is 11.1 Å². The predicted molar refractivity (Wildman–Crippen MR) is 89.6 cm³/mol. The number of hydrogen-bond acceptors (Lipinski definition) is 2. The molecule has 0 bridgehead atoms. The monoisotopic (exact) mass is 398 g/mol. The molecule has 0 spiro atoms. The van der Waals surface area contributed by atoms with Gasteiger partial charge in [0.1, 0.15) is 11.5 Å². The number of rotatable bonds is 5. The molecule has 0 atom stereocenters. The minimum absolute atomic E-state index is 0.645. The molecule has 0 heterocycles. The molecule has 106 valence electrons. The Morgan fingerprint density at radius 1 is 0.750 bits per heavy atom. The van der Waals surface area contributed by atoms with E-state index in [4.69, 9.17) is 9.47 Å². The molecule has 0 saturated carbocycles. The maximum Gasteiger partial charge on any atom is 0.134 e. The van der Waals surface area contributed by atoms with Gasteiger partial charge in [-0.15, -0.1) is 0 Å². The summed E-state index contributed by atoms with van der Waals surface area (Å²) >= 11 is 7.00. The first-order valence-electron chi connectivity index (χ1n) is 6.50. The zero-order chi connectivity index (χ0) is 14.5. The van der Waals surface area contributed by atoms with Crippen molar-refractivity contribution >= 4 is 31.9 Å². The van der Waals surface area contributed by atoms with Gasteiger partial charge < -0.3 is 9.47 Å². The van der Waals surface area contributed by atoms with Gasteiger partial charge in [-0.1, -0.05) is 12.1 Å². The summed E-state index contributed by atoms with van der Waals surface area (Å²) in [6.45, 7) is 5.25. The molecule has 20 heavy (non-hydrogen) atoms. The van der Waals surface area contributed by atoms with Gasteiger partial charge in [0.05, 0.1) is 22.2 Å². The van der Waals surface area contributed by atoms with Crippen LogP contribution in [0, 0.1) is 0 Å². The molecule has 2 nitrogen and oxygen atoms in total. The zero-order valence-corrected chi connectivity index (χ0v) is 14.6. The van der Waals surface area contributed by atoms with Crippen molar-refractivity contribution in [3.63, 3.8) is 0 Å². The maximum absolute atomic E-state index is 5.61. The fourth-order valence-electron chi connectivity index (χ4n) is 1.90. The van der Waals surface area contributed by atoms with E-state index in [0.717, 1.165) is 31.6 Å². The van der Waals surface area contributed by atoms with Crippen LogP contribution in [-0.4, -0.2) is 13.2 Å². The van der Waals surface area contributed by atoms with Gasteiger partial charge in [-0.25, -0.2) is 0 Å². The summed E-state index contributed by atoms with van der Waals surface area (Å²) in [4.78, 5) is 0. The molecular weight excluding hydrogens is 384 g/mol. The van der Waals surface area contributed by atoms with Crippen LogP contribution in [0.3, 0.4) is 0 Å². The van der Waals surface area contributed by atoms with E-state index in [-0.39, 0.29) is 0 Å². The maximum atomic E-state index is 5.61. The summed E-state index contributed by atoms with van der Waals surface area (Å²) in [6.07, 6.45) is 0. The molecule has 0 aromatic heterocycles. The Morgan fingerprint density at radius 2 is 1.15 bits per heavy atom. The molecule has 0 amide bonds. The average Bonchev–Trinajstić information content (AvgIpc) is 2.44. The first-order chi connectivity index (χ1) is 9.65. The highest BCUT2D eigenvalue weighted by atomic mass is 79.9. The van der Waals surface area contributed by atoms with Crippen LogP contribution in [0.1, 0.15) is 13.8 Å². The van der Waals surface area contributed by atoms with Crippen LogP contribution in [-0.2, 0) is 0 Å². The smallest absolute Gasteiger partial charge is 0.134 e. The fourth-order valence-corrected chi connectivity index (χ4v) is 2.62. The number of hydrogen-bond donors (Lipinski definition) is 0. The van der Waals surface area contributed by atoms with Gasteiger partial charge in [0, 0.05) is 0 Å². The van der Waals surface area contributed by atoms with Crippen molar-refractivity contribution in [2.75, 3.05) is 13.2 Å². The molecule has 0 aliphatic heterocycles. The number of ether oxygens (including phenoxy) is 2. The standard InChI is InChI=1S/C16H16Br2O2/c1-3-19-15-9-11(5-7-13(15)17)12-6-8-14(18)16(10-12)20-4-2/h5-10H,3-4H2,1-2H3. The van der Waals surface area contributed by atoms with Crippen molar-refractivity contribution in [3.8, 4) is 22.6 Å². The zero-order valence-electron chi connectivity index (χ0n) is 11.5. The molecule has 0 N–H and O–H groups in total. The van der Waals surface area contributed by atoms with E-state index in [1.165, 1.54) is 0 Å². The molecule has 0 fully saturated rings. The topological polar surface area (TPSA) is 18.5 Å². The molecule has 0 saturated heterocycles. The van der Waals surface area contributed by atoms with E-state index in [1.54, 1.807) is 0 Å². The van der Waals surface area contributed by atoms with E-state index in [0.29, 0.717) is 13.2 Å². The van der Waals surface area contributed by atoms with Crippen molar-refractivity contribution in [2.45, 2.75) is 13.8 Å². The Balaban J connectivity index is 2.40. The Morgan fingerprint density at radius 3 is 1.50 bits per heavy atom. The summed E-state index contributed by atoms with van der Waals surface area (Å²) in [5, 5.41) is 0. The Hall–Kier alpha value is -1.00. The Kier molecular flexibility index (Phi) is 5.49. The first kappa shape index (κ1) is 15.4. The van der Waals surface area contributed by atoms with Gasteiger partial charge >= 0.3 is 0 Å². The Bertz CT molecular complexity index is 544. The van der Waals surface area contributed by atoms with E-state index >= 15 is 0 Å². The lowest BCUT2D eigenvalue weighted by molar-refractivity contribution is 0.337. The van der Waals surface area contributed by atoms with Gasteiger partial charge in [0.15, 0.2) is 0 Å². The molecular formula is C16H16Br2O2. The number of benzene rings is 2. The Labute approximate surface area is 136 Å². The van der Waals surface area contributed by atoms with Crippen molar-refractivity contribution in [1.82, 2.24) is 0 Å². The molecule has 0 radical (unpaired) electrons. The van der Waals surface area contributed by atoms with Crippen LogP contribution in [0.15, 0.2) is 45.3 Å². The highest BCUT2D eigenvalue weighted by molar-refractivity contribution is 9.10. The van der Waals surface area contributed by atoms with Crippen LogP contribution >= 0.6 is 31.9 Å². The highest BCUT2D eigenvalue weighted by Gasteiger charge is 2.07. The van der Waals surface area contributed by atoms with Crippen molar-refractivity contribution in [1.29, 1.82) is 0 Å². The molecule has 0 aliphatic carbocycles. The average molecular weight is 400 g/mol. The third kappa shape index (κ3) is 3.55. The lowest BCUT2D eigenvalue weighted by atomic mass is 10.1. The summed E-state index contributed by atoms with van der Waals surface area (Å²) in [6, 6.07) is 12.2. The van der Waals surface area contributed by atoms with Crippen molar-refractivity contribution in [2.24, 2.45) is 0 Å². The van der Waals surface area contributed by atoms with Crippen molar-refractivity contribution < 1.29 is 9.47 Å². The fraction of sp³-hybridized carbons (Fsp3) is 0.250. The highest BCUT2D eigenvalue weighted by Crippen LogP contribution is 2.34. The second-order valence-electron chi connectivity index (χ2n) is 4.16. The van der Waals surface area contributed by atoms with Gasteiger partial charge in [0.25, 0.3) is 0 Å². The van der Waals surface area contributed by atoms with Crippen LogP contribution in [0.5, 0.6) is 11.5 Å². The first-order valence-corrected chi connectivity index (χ1v) is 8.09.